The molecule has 0 bridgehead atoms. The number of para-hydroxylation sites is 1. The van der Waals surface area contributed by atoms with E-state index in [1.54, 1.807) is 48.5 Å². The van der Waals surface area contributed by atoms with Crippen LogP contribution in [0.25, 0.3) is 22.6 Å². The number of fused-ring (bicyclic) bond motifs is 1. The number of hydrogen-bond acceptors (Lipinski definition) is 7. The second-order valence-corrected chi connectivity index (χ2v) is 7.56. The van der Waals surface area contributed by atoms with Crippen LogP contribution in [0.15, 0.2) is 89.3 Å². The van der Waals surface area contributed by atoms with Gasteiger partial charge in [0, 0.05) is 11.1 Å². The molecule has 11 heteroatoms. The Balaban J connectivity index is 1.25. The second kappa shape index (κ2) is 9.43. The number of nitro groups is 1. The number of furan rings is 1. The number of aromatic amines is 1. The molecular weight excluding hydrogens is 466 g/mol. The number of benzene rings is 3. The lowest BCUT2D eigenvalue weighted by atomic mass is 10.2. The van der Waals surface area contributed by atoms with Gasteiger partial charge in [-0.3, -0.25) is 30.6 Å². The fraction of sp³-hybridized carbons (Fsp3) is 0. The van der Waals surface area contributed by atoms with E-state index in [0.717, 1.165) is 0 Å². The van der Waals surface area contributed by atoms with Crippen LogP contribution in [0.5, 0.6) is 11.5 Å². The molecule has 0 radical (unpaired) electrons. The first kappa shape index (κ1) is 22.3. The maximum atomic E-state index is 12.6. The molecule has 0 spiro atoms. The molecule has 0 saturated heterocycles. The van der Waals surface area contributed by atoms with Gasteiger partial charge in [-0.2, -0.15) is 0 Å². The van der Waals surface area contributed by atoms with Crippen molar-refractivity contribution in [3.05, 3.63) is 106 Å². The predicted octanol–water partition coefficient (Wildman–Crippen LogP) is 4.60. The van der Waals surface area contributed by atoms with Crippen molar-refractivity contribution in [2.45, 2.75) is 0 Å². The van der Waals surface area contributed by atoms with Crippen molar-refractivity contribution in [1.29, 1.82) is 0 Å². The number of rotatable bonds is 6. The van der Waals surface area contributed by atoms with E-state index in [1.165, 1.54) is 18.2 Å². The summed E-state index contributed by atoms with van der Waals surface area (Å²) in [5, 5.41) is 10.8. The summed E-state index contributed by atoms with van der Waals surface area (Å²) in [6, 6.07) is 23.0. The Kier molecular flexibility index (Phi) is 5.85. The zero-order chi connectivity index (χ0) is 25.1. The molecule has 0 atom stereocenters. The van der Waals surface area contributed by atoms with Crippen LogP contribution in [0.2, 0.25) is 0 Å². The number of carbonyl (C=O) groups is 2. The lowest BCUT2D eigenvalue weighted by Gasteiger charge is -2.09. The minimum atomic E-state index is -0.643. The average molecular weight is 483 g/mol. The first-order chi connectivity index (χ1) is 17.5. The van der Waals surface area contributed by atoms with E-state index in [0.29, 0.717) is 28.1 Å². The molecule has 0 aliphatic heterocycles. The van der Waals surface area contributed by atoms with Crippen molar-refractivity contribution in [2.75, 3.05) is 0 Å². The fourth-order valence-corrected chi connectivity index (χ4v) is 3.40. The fourth-order valence-electron chi connectivity index (χ4n) is 3.40. The van der Waals surface area contributed by atoms with Gasteiger partial charge in [0.1, 0.15) is 16.4 Å². The number of aromatic nitrogens is 2. The summed E-state index contributed by atoms with van der Waals surface area (Å²) in [7, 11) is 0. The Morgan fingerprint density at radius 1 is 0.861 bits per heavy atom. The molecule has 0 saturated carbocycles. The molecule has 3 N–H and O–H groups in total. The van der Waals surface area contributed by atoms with Crippen LogP contribution in [0, 0.1) is 10.1 Å². The van der Waals surface area contributed by atoms with Crippen LogP contribution in [0.4, 0.5) is 5.88 Å². The van der Waals surface area contributed by atoms with Crippen LogP contribution in [-0.4, -0.2) is 26.7 Å². The van der Waals surface area contributed by atoms with Gasteiger partial charge in [0.2, 0.25) is 0 Å². The lowest BCUT2D eigenvalue weighted by Crippen LogP contribution is -2.41. The van der Waals surface area contributed by atoms with Gasteiger partial charge in [-0.15, -0.1) is 0 Å². The van der Waals surface area contributed by atoms with E-state index < -0.39 is 22.6 Å². The van der Waals surface area contributed by atoms with Crippen LogP contribution in [0.1, 0.15) is 20.7 Å². The number of hydrogen-bond donors (Lipinski definition) is 3. The Bertz CT molecular complexity index is 1590. The average Bonchev–Trinajstić information content (AvgIpc) is 3.55. The van der Waals surface area contributed by atoms with Crippen molar-refractivity contribution >= 4 is 28.7 Å². The number of nitrogens with zero attached hydrogens (tertiary/aromatic N) is 2. The summed E-state index contributed by atoms with van der Waals surface area (Å²) in [4.78, 5) is 42.6. The standard InChI is InChI=1S/C25H17N5O6/c31-24(15-5-4-8-18(13-15)35-17-6-2-1-3-7-17)28-29-25(32)16-9-10-19-20(14-16)27-23(26-19)21-11-12-22(36-21)30(33)34/h1-14H,(H,26,27)(H,28,31)(H,29,32). The molecule has 2 amide bonds. The first-order valence-corrected chi connectivity index (χ1v) is 10.6. The van der Waals surface area contributed by atoms with E-state index in [-0.39, 0.29) is 17.1 Å². The largest absolute Gasteiger partial charge is 0.457 e. The molecule has 2 heterocycles. The summed E-state index contributed by atoms with van der Waals surface area (Å²) in [5.41, 5.74) is 6.35. The highest BCUT2D eigenvalue weighted by atomic mass is 16.6. The third-order valence-electron chi connectivity index (χ3n) is 5.11. The highest BCUT2D eigenvalue weighted by molar-refractivity contribution is 6.00. The third kappa shape index (κ3) is 4.75. The summed E-state index contributed by atoms with van der Waals surface area (Å²) in [5.74, 6) is 0.0982. The molecular formula is C25H17N5O6. The molecule has 3 aromatic carbocycles. The van der Waals surface area contributed by atoms with Crippen LogP contribution in [0.3, 0.4) is 0 Å². The minimum Gasteiger partial charge on any atom is -0.457 e. The van der Waals surface area contributed by atoms with Gasteiger partial charge in [0.15, 0.2) is 11.6 Å². The molecule has 5 rings (SSSR count). The number of hydrazine groups is 1. The third-order valence-corrected chi connectivity index (χ3v) is 5.11. The zero-order valence-corrected chi connectivity index (χ0v) is 18.4. The van der Waals surface area contributed by atoms with Gasteiger partial charge < -0.3 is 14.1 Å². The molecule has 0 fully saturated rings. The van der Waals surface area contributed by atoms with E-state index in [9.17, 15) is 19.7 Å². The highest BCUT2D eigenvalue weighted by Gasteiger charge is 2.17. The van der Waals surface area contributed by atoms with E-state index in [4.69, 9.17) is 9.15 Å². The van der Waals surface area contributed by atoms with Gasteiger partial charge in [0.05, 0.1) is 17.1 Å². The maximum Gasteiger partial charge on any atom is 0.433 e. The highest BCUT2D eigenvalue weighted by Crippen LogP contribution is 2.26. The Morgan fingerprint density at radius 3 is 2.31 bits per heavy atom. The van der Waals surface area contributed by atoms with Gasteiger partial charge in [-0.1, -0.05) is 24.3 Å². The topological polar surface area (TPSA) is 152 Å². The van der Waals surface area contributed by atoms with E-state index in [2.05, 4.69) is 20.8 Å². The van der Waals surface area contributed by atoms with Crippen LogP contribution >= 0.6 is 0 Å². The molecule has 178 valence electrons. The first-order valence-electron chi connectivity index (χ1n) is 10.6. The quantitative estimate of drug-likeness (QED) is 0.236. The molecule has 11 nitrogen and oxygen atoms in total. The number of ether oxygens (including phenoxy) is 1. The molecule has 5 aromatic rings. The van der Waals surface area contributed by atoms with Crippen LogP contribution in [-0.2, 0) is 0 Å². The number of amides is 2. The molecule has 0 aliphatic carbocycles. The summed E-state index contributed by atoms with van der Waals surface area (Å²) in [6.07, 6.45) is 0. The molecule has 0 unspecified atom stereocenters. The predicted molar refractivity (Wildman–Crippen MR) is 128 cm³/mol. The molecule has 2 aromatic heterocycles. The van der Waals surface area contributed by atoms with Crippen molar-refractivity contribution in [1.82, 2.24) is 20.8 Å². The summed E-state index contributed by atoms with van der Waals surface area (Å²) >= 11 is 0. The second-order valence-electron chi connectivity index (χ2n) is 7.56. The van der Waals surface area contributed by atoms with E-state index in [1.807, 2.05) is 18.2 Å². The number of nitrogens with one attached hydrogen (secondary N) is 3. The SMILES string of the molecule is O=C(NNC(=O)c1ccc2nc(-c3ccc([N+](=O)[O-])o3)[nH]c2c1)c1cccc(Oc2ccccc2)c1. The Hall–Kier alpha value is -5.45. The normalized spacial score (nSPS) is 10.7. The molecule has 0 aliphatic rings. The van der Waals surface area contributed by atoms with Gasteiger partial charge >= 0.3 is 5.88 Å². The number of H-pyrrole nitrogens is 1. The number of imidazole rings is 1. The zero-order valence-electron chi connectivity index (χ0n) is 18.4. The van der Waals surface area contributed by atoms with Crippen molar-refractivity contribution in [2.24, 2.45) is 0 Å². The Morgan fingerprint density at radius 2 is 1.58 bits per heavy atom. The van der Waals surface area contributed by atoms with Crippen molar-refractivity contribution in [3.63, 3.8) is 0 Å². The van der Waals surface area contributed by atoms with E-state index >= 15 is 0 Å². The summed E-state index contributed by atoms with van der Waals surface area (Å²) < 4.78 is 10.9. The minimum absolute atomic E-state index is 0.189. The van der Waals surface area contributed by atoms with Crippen molar-refractivity contribution in [3.8, 4) is 23.1 Å². The van der Waals surface area contributed by atoms with Gasteiger partial charge in [0.25, 0.3) is 11.8 Å². The van der Waals surface area contributed by atoms with Crippen LogP contribution < -0.4 is 15.6 Å². The summed E-state index contributed by atoms with van der Waals surface area (Å²) in [6.45, 7) is 0. The Labute approximate surface area is 202 Å². The molecule has 36 heavy (non-hydrogen) atoms. The van der Waals surface area contributed by atoms with Gasteiger partial charge in [-0.05, 0) is 54.6 Å². The smallest absolute Gasteiger partial charge is 0.433 e. The lowest BCUT2D eigenvalue weighted by molar-refractivity contribution is -0.401. The maximum absolute atomic E-state index is 12.6. The van der Waals surface area contributed by atoms with Gasteiger partial charge in [-0.25, -0.2) is 4.98 Å². The van der Waals surface area contributed by atoms with Crippen molar-refractivity contribution < 1.29 is 23.7 Å². The monoisotopic (exact) mass is 483 g/mol. The number of carbonyl (C=O) groups excluding carboxylic acids is 2.